The molecule has 0 unspecified atom stereocenters. The Hall–Kier alpha value is -1.47. The lowest BCUT2D eigenvalue weighted by atomic mass is 10.2. The van der Waals surface area contributed by atoms with Crippen molar-refractivity contribution in [2.24, 2.45) is 0 Å². The minimum atomic E-state index is -0.0678. The van der Waals surface area contributed by atoms with Gasteiger partial charge in [-0.1, -0.05) is 5.92 Å². The van der Waals surface area contributed by atoms with Crippen molar-refractivity contribution >= 4 is 6.01 Å². The molecule has 0 amide bonds. The Kier molecular flexibility index (Phi) is 2.42. The Morgan fingerprint density at radius 1 is 1.71 bits per heavy atom. The second-order valence-corrected chi connectivity index (χ2v) is 3.22. The predicted molar refractivity (Wildman–Crippen MR) is 52.0 cm³/mol. The largest absolute Gasteiger partial charge is 0.432 e. The van der Waals surface area contributed by atoms with E-state index in [1.54, 1.807) is 6.26 Å². The zero-order chi connectivity index (χ0) is 9.97. The number of anilines is 1. The van der Waals surface area contributed by atoms with Crippen LogP contribution in [0.4, 0.5) is 6.01 Å². The van der Waals surface area contributed by atoms with Gasteiger partial charge in [0.1, 0.15) is 12.3 Å². The number of hydrogen-bond acceptors (Lipinski definition) is 4. The summed E-state index contributed by atoms with van der Waals surface area (Å²) in [5.74, 6) is 2.66. The van der Waals surface area contributed by atoms with Crippen LogP contribution in [0.2, 0.25) is 0 Å². The molecule has 4 heteroatoms. The summed E-state index contributed by atoms with van der Waals surface area (Å²) in [7, 11) is 0. The van der Waals surface area contributed by atoms with Crippen LogP contribution in [0.15, 0.2) is 10.7 Å². The Labute approximate surface area is 82.9 Å². The molecule has 2 rings (SSSR count). The molecule has 1 aliphatic heterocycles. The average Bonchev–Trinajstić information content (AvgIpc) is 2.65. The number of morpholine rings is 1. The van der Waals surface area contributed by atoms with Gasteiger partial charge in [-0.25, -0.2) is 0 Å². The number of ether oxygens (including phenoxy) is 1. The van der Waals surface area contributed by atoms with E-state index in [0.717, 1.165) is 12.2 Å². The van der Waals surface area contributed by atoms with Gasteiger partial charge in [-0.3, -0.25) is 0 Å². The highest BCUT2D eigenvalue weighted by atomic mass is 16.5. The molecular weight excluding hydrogens is 180 g/mol. The smallest absolute Gasteiger partial charge is 0.298 e. The summed E-state index contributed by atoms with van der Waals surface area (Å²) >= 11 is 0. The Morgan fingerprint density at radius 3 is 3.21 bits per heavy atom. The number of hydrogen-bond donors (Lipinski definition) is 0. The molecule has 1 atom stereocenters. The average molecular weight is 192 g/mol. The number of aromatic nitrogens is 1. The quantitative estimate of drug-likeness (QED) is 0.617. The van der Waals surface area contributed by atoms with Crippen molar-refractivity contribution in [3.63, 3.8) is 0 Å². The molecule has 74 valence electrons. The molecule has 1 aromatic rings. The Bertz CT molecular complexity index is 353. The van der Waals surface area contributed by atoms with E-state index in [4.69, 9.17) is 15.6 Å². The summed E-state index contributed by atoms with van der Waals surface area (Å²) in [6.45, 7) is 3.82. The standard InChI is InChI=1S/C10H12N2O2/c1-3-9-7-13-5-4-12(9)10-11-8(2)6-14-10/h1,6,9H,4-5,7H2,2H3/t9-/m0/s1. The van der Waals surface area contributed by atoms with Crippen LogP contribution in [0.3, 0.4) is 0 Å². The van der Waals surface area contributed by atoms with Crippen LogP contribution in [-0.2, 0) is 4.74 Å². The highest BCUT2D eigenvalue weighted by Crippen LogP contribution is 2.18. The summed E-state index contributed by atoms with van der Waals surface area (Å²) in [6.07, 6.45) is 7.02. The molecule has 14 heavy (non-hydrogen) atoms. The molecule has 1 aromatic heterocycles. The lowest BCUT2D eigenvalue weighted by Crippen LogP contribution is -2.44. The maximum atomic E-state index is 5.40. The molecule has 0 aliphatic carbocycles. The molecule has 2 heterocycles. The number of oxazole rings is 1. The van der Waals surface area contributed by atoms with Crippen LogP contribution in [0.5, 0.6) is 0 Å². The Balaban J connectivity index is 2.19. The number of nitrogens with zero attached hydrogens (tertiary/aromatic N) is 2. The normalized spacial score (nSPS) is 22.0. The molecular formula is C10H12N2O2. The summed E-state index contributed by atoms with van der Waals surface area (Å²) in [6, 6.07) is 0.524. The maximum Gasteiger partial charge on any atom is 0.298 e. The van der Waals surface area contributed by atoms with Gasteiger partial charge in [0.05, 0.1) is 18.9 Å². The molecule has 0 aromatic carbocycles. The first-order valence-corrected chi connectivity index (χ1v) is 4.54. The molecule has 0 bridgehead atoms. The summed E-state index contributed by atoms with van der Waals surface area (Å²) < 4.78 is 10.6. The van der Waals surface area contributed by atoms with E-state index in [2.05, 4.69) is 10.9 Å². The minimum Gasteiger partial charge on any atom is -0.432 e. The molecule has 1 saturated heterocycles. The molecule has 1 aliphatic rings. The van der Waals surface area contributed by atoms with Crippen LogP contribution in [0.1, 0.15) is 5.69 Å². The molecule has 0 saturated carbocycles. The predicted octanol–water partition coefficient (Wildman–Crippen LogP) is 0.821. The lowest BCUT2D eigenvalue weighted by Gasteiger charge is -2.30. The van der Waals surface area contributed by atoms with E-state index in [1.165, 1.54) is 0 Å². The number of rotatable bonds is 1. The van der Waals surface area contributed by atoms with E-state index < -0.39 is 0 Å². The van der Waals surface area contributed by atoms with Gasteiger partial charge in [-0.15, -0.1) is 6.42 Å². The van der Waals surface area contributed by atoms with E-state index >= 15 is 0 Å². The van der Waals surface area contributed by atoms with E-state index in [0.29, 0.717) is 19.2 Å². The minimum absolute atomic E-state index is 0.0678. The van der Waals surface area contributed by atoms with Gasteiger partial charge in [0.15, 0.2) is 0 Å². The summed E-state index contributed by atoms with van der Waals surface area (Å²) in [4.78, 5) is 6.20. The fraction of sp³-hybridized carbons (Fsp3) is 0.500. The Morgan fingerprint density at radius 2 is 2.57 bits per heavy atom. The third kappa shape index (κ3) is 1.59. The first-order valence-electron chi connectivity index (χ1n) is 4.54. The van der Waals surface area contributed by atoms with Crippen LogP contribution in [0.25, 0.3) is 0 Å². The van der Waals surface area contributed by atoms with Crippen LogP contribution in [0, 0.1) is 19.3 Å². The van der Waals surface area contributed by atoms with E-state index in [1.807, 2.05) is 11.8 Å². The summed E-state index contributed by atoms with van der Waals surface area (Å²) in [5.41, 5.74) is 0.863. The molecule has 0 spiro atoms. The van der Waals surface area contributed by atoms with Crippen molar-refractivity contribution in [1.29, 1.82) is 0 Å². The number of aryl methyl sites for hydroxylation is 1. The first kappa shape index (κ1) is 9.10. The third-order valence-electron chi connectivity index (χ3n) is 2.17. The fourth-order valence-electron chi connectivity index (χ4n) is 1.44. The fourth-order valence-corrected chi connectivity index (χ4v) is 1.44. The highest BCUT2D eigenvalue weighted by molar-refractivity contribution is 5.34. The van der Waals surface area contributed by atoms with Gasteiger partial charge in [-0.2, -0.15) is 4.98 Å². The second-order valence-electron chi connectivity index (χ2n) is 3.22. The van der Waals surface area contributed by atoms with Gasteiger partial charge in [-0.05, 0) is 6.92 Å². The first-order chi connectivity index (χ1) is 6.81. The highest BCUT2D eigenvalue weighted by Gasteiger charge is 2.24. The monoisotopic (exact) mass is 192 g/mol. The summed E-state index contributed by atoms with van der Waals surface area (Å²) in [5, 5.41) is 0. The van der Waals surface area contributed by atoms with Gasteiger partial charge >= 0.3 is 0 Å². The van der Waals surface area contributed by atoms with E-state index in [-0.39, 0.29) is 6.04 Å². The van der Waals surface area contributed by atoms with Crippen molar-refractivity contribution < 1.29 is 9.15 Å². The number of terminal acetylenes is 1. The maximum absolute atomic E-state index is 5.40. The lowest BCUT2D eigenvalue weighted by molar-refractivity contribution is 0.105. The zero-order valence-corrected chi connectivity index (χ0v) is 8.06. The van der Waals surface area contributed by atoms with Crippen LogP contribution < -0.4 is 4.90 Å². The third-order valence-corrected chi connectivity index (χ3v) is 2.17. The van der Waals surface area contributed by atoms with Crippen molar-refractivity contribution in [3.8, 4) is 12.3 Å². The second kappa shape index (κ2) is 3.72. The van der Waals surface area contributed by atoms with E-state index in [9.17, 15) is 0 Å². The molecule has 4 nitrogen and oxygen atoms in total. The van der Waals surface area contributed by atoms with Crippen molar-refractivity contribution in [1.82, 2.24) is 4.98 Å². The topological polar surface area (TPSA) is 38.5 Å². The van der Waals surface area contributed by atoms with Gasteiger partial charge < -0.3 is 14.1 Å². The SMILES string of the molecule is C#C[C@H]1COCCN1c1nc(C)co1. The van der Waals surface area contributed by atoms with Crippen LogP contribution >= 0.6 is 0 Å². The van der Waals surface area contributed by atoms with Gasteiger partial charge in [0.2, 0.25) is 0 Å². The van der Waals surface area contributed by atoms with Gasteiger partial charge in [0, 0.05) is 6.54 Å². The van der Waals surface area contributed by atoms with Crippen LogP contribution in [-0.4, -0.2) is 30.8 Å². The van der Waals surface area contributed by atoms with Crippen molar-refractivity contribution in [2.45, 2.75) is 13.0 Å². The molecule has 0 radical (unpaired) electrons. The van der Waals surface area contributed by atoms with Gasteiger partial charge in [0.25, 0.3) is 6.01 Å². The molecule has 0 N–H and O–H groups in total. The zero-order valence-electron chi connectivity index (χ0n) is 8.06. The molecule has 1 fully saturated rings. The van der Waals surface area contributed by atoms with Crippen molar-refractivity contribution in [3.05, 3.63) is 12.0 Å². The van der Waals surface area contributed by atoms with Crippen molar-refractivity contribution in [2.75, 3.05) is 24.7 Å².